The fraction of sp³-hybridized carbons (Fsp3) is 0.385. The molecule has 1 heterocycles. The molecule has 102 valence electrons. The van der Waals surface area contributed by atoms with Crippen LogP contribution in [0.25, 0.3) is 0 Å². The van der Waals surface area contributed by atoms with Gasteiger partial charge in [0.2, 0.25) is 0 Å². The van der Waals surface area contributed by atoms with E-state index >= 15 is 0 Å². The van der Waals surface area contributed by atoms with Crippen molar-refractivity contribution in [1.82, 2.24) is 0 Å². The second-order valence-corrected chi connectivity index (χ2v) is 4.18. The lowest BCUT2D eigenvalue weighted by Crippen LogP contribution is -2.53. The standard InChI is InChI=1S/C13H16N2O4/c1-18-13(17)10-4-2-3-5-11(10)15-9(6-14)7-19-8-12(15)16/h2-5,9H,6-8,14H2,1H3. The first-order chi connectivity index (χ1) is 9.19. The minimum absolute atomic E-state index is 0.00793. The third kappa shape index (κ3) is 2.59. The summed E-state index contributed by atoms with van der Waals surface area (Å²) in [5, 5.41) is 0. The molecule has 1 aromatic carbocycles. The van der Waals surface area contributed by atoms with E-state index in [4.69, 9.17) is 15.2 Å². The Morgan fingerprint density at radius 2 is 2.26 bits per heavy atom. The number of para-hydroxylation sites is 1. The zero-order valence-electron chi connectivity index (χ0n) is 10.7. The van der Waals surface area contributed by atoms with Crippen molar-refractivity contribution in [3.63, 3.8) is 0 Å². The van der Waals surface area contributed by atoms with Gasteiger partial charge in [-0.05, 0) is 12.1 Å². The molecular formula is C13H16N2O4. The molecule has 1 saturated heterocycles. The van der Waals surface area contributed by atoms with Crippen LogP contribution >= 0.6 is 0 Å². The summed E-state index contributed by atoms with van der Waals surface area (Å²) in [7, 11) is 1.31. The zero-order chi connectivity index (χ0) is 13.8. The molecule has 19 heavy (non-hydrogen) atoms. The van der Waals surface area contributed by atoms with Crippen LogP contribution in [-0.2, 0) is 14.3 Å². The van der Waals surface area contributed by atoms with Crippen LogP contribution in [0.4, 0.5) is 5.69 Å². The number of benzene rings is 1. The fourth-order valence-electron chi connectivity index (χ4n) is 2.10. The highest BCUT2D eigenvalue weighted by Crippen LogP contribution is 2.25. The Kier molecular flexibility index (Phi) is 4.13. The number of hydrogen-bond acceptors (Lipinski definition) is 5. The first-order valence-corrected chi connectivity index (χ1v) is 5.96. The number of methoxy groups -OCH3 is 1. The van der Waals surface area contributed by atoms with Gasteiger partial charge in [-0.2, -0.15) is 0 Å². The highest BCUT2D eigenvalue weighted by Gasteiger charge is 2.31. The number of ether oxygens (including phenoxy) is 2. The first-order valence-electron chi connectivity index (χ1n) is 5.96. The van der Waals surface area contributed by atoms with Gasteiger partial charge in [-0.15, -0.1) is 0 Å². The van der Waals surface area contributed by atoms with Crippen molar-refractivity contribution in [2.75, 3.05) is 31.8 Å². The predicted octanol–water partition coefficient (Wildman–Crippen LogP) is 0.164. The number of nitrogens with zero attached hydrogens (tertiary/aromatic N) is 1. The lowest BCUT2D eigenvalue weighted by Gasteiger charge is -2.35. The van der Waals surface area contributed by atoms with Gasteiger partial charge in [-0.25, -0.2) is 4.79 Å². The molecule has 6 heteroatoms. The van der Waals surface area contributed by atoms with E-state index in [1.54, 1.807) is 24.3 Å². The van der Waals surface area contributed by atoms with Crippen LogP contribution in [0.5, 0.6) is 0 Å². The summed E-state index contributed by atoms with van der Waals surface area (Å²) in [6.45, 7) is 0.616. The number of anilines is 1. The van der Waals surface area contributed by atoms with Gasteiger partial charge in [0.15, 0.2) is 0 Å². The van der Waals surface area contributed by atoms with Crippen LogP contribution in [-0.4, -0.2) is 44.8 Å². The molecule has 1 atom stereocenters. The molecular weight excluding hydrogens is 248 g/mol. The second kappa shape index (κ2) is 5.81. The largest absolute Gasteiger partial charge is 0.465 e. The second-order valence-electron chi connectivity index (χ2n) is 4.18. The van der Waals surface area contributed by atoms with Gasteiger partial charge in [-0.3, -0.25) is 4.79 Å². The van der Waals surface area contributed by atoms with Gasteiger partial charge in [0.25, 0.3) is 5.91 Å². The normalized spacial score (nSPS) is 19.4. The molecule has 1 aromatic rings. The van der Waals surface area contributed by atoms with Crippen LogP contribution in [0.3, 0.4) is 0 Å². The molecule has 1 fully saturated rings. The molecule has 0 radical (unpaired) electrons. The quantitative estimate of drug-likeness (QED) is 0.787. The lowest BCUT2D eigenvalue weighted by atomic mass is 10.1. The van der Waals surface area contributed by atoms with Crippen molar-refractivity contribution in [3.05, 3.63) is 29.8 Å². The number of morpholine rings is 1. The van der Waals surface area contributed by atoms with E-state index in [1.807, 2.05) is 0 Å². The molecule has 6 nitrogen and oxygen atoms in total. The molecule has 1 aliphatic heterocycles. The maximum absolute atomic E-state index is 12.0. The minimum atomic E-state index is -0.481. The topological polar surface area (TPSA) is 81.9 Å². The molecule has 2 rings (SSSR count). The van der Waals surface area contributed by atoms with Crippen molar-refractivity contribution in [2.24, 2.45) is 5.73 Å². The monoisotopic (exact) mass is 264 g/mol. The Morgan fingerprint density at radius 1 is 1.53 bits per heavy atom. The minimum Gasteiger partial charge on any atom is -0.465 e. The van der Waals surface area contributed by atoms with Gasteiger partial charge in [0, 0.05) is 6.54 Å². The highest BCUT2D eigenvalue weighted by atomic mass is 16.5. The third-order valence-corrected chi connectivity index (χ3v) is 3.01. The van der Waals surface area contributed by atoms with E-state index in [9.17, 15) is 9.59 Å². The Labute approximate surface area is 111 Å². The van der Waals surface area contributed by atoms with E-state index in [1.165, 1.54) is 12.0 Å². The lowest BCUT2D eigenvalue weighted by molar-refractivity contribution is -0.127. The number of carbonyl (C=O) groups is 2. The van der Waals surface area contributed by atoms with Crippen molar-refractivity contribution in [2.45, 2.75) is 6.04 Å². The SMILES string of the molecule is COC(=O)c1ccccc1N1C(=O)COCC1CN. The summed E-state index contributed by atoms with van der Waals surface area (Å²) in [5.41, 5.74) is 6.52. The summed E-state index contributed by atoms with van der Waals surface area (Å²) in [6.07, 6.45) is 0. The highest BCUT2D eigenvalue weighted by molar-refractivity contribution is 6.03. The third-order valence-electron chi connectivity index (χ3n) is 3.01. The molecule has 0 bridgehead atoms. The van der Waals surface area contributed by atoms with Crippen LogP contribution in [0.2, 0.25) is 0 Å². The zero-order valence-corrected chi connectivity index (χ0v) is 10.7. The summed E-state index contributed by atoms with van der Waals surface area (Å²) < 4.78 is 9.91. The molecule has 1 amide bonds. The van der Waals surface area contributed by atoms with E-state index in [0.717, 1.165) is 0 Å². The van der Waals surface area contributed by atoms with Crippen molar-refractivity contribution >= 4 is 17.6 Å². The maximum atomic E-state index is 12.0. The summed E-state index contributed by atoms with van der Waals surface area (Å²) >= 11 is 0. The van der Waals surface area contributed by atoms with Gasteiger partial charge < -0.3 is 20.1 Å². The van der Waals surface area contributed by atoms with Crippen LogP contribution < -0.4 is 10.6 Å². The number of esters is 1. The van der Waals surface area contributed by atoms with Crippen LogP contribution in [0, 0.1) is 0 Å². The van der Waals surface area contributed by atoms with Crippen LogP contribution in [0.15, 0.2) is 24.3 Å². The van der Waals surface area contributed by atoms with E-state index < -0.39 is 5.97 Å². The first kappa shape index (κ1) is 13.5. The van der Waals surface area contributed by atoms with E-state index in [-0.39, 0.29) is 25.1 Å². The summed E-state index contributed by atoms with van der Waals surface area (Å²) in [5.74, 6) is -0.691. The van der Waals surface area contributed by atoms with Gasteiger partial charge >= 0.3 is 5.97 Å². The number of carbonyl (C=O) groups excluding carboxylic acids is 2. The predicted molar refractivity (Wildman–Crippen MR) is 68.9 cm³/mol. The van der Waals surface area contributed by atoms with Gasteiger partial charge in [0.05, 0.1) is 31.0 Å². The van der Waals surface area contributed by atoms with Crippen LogP contribution in [0.1, 0.15) is 10.4 Å². The molecule has 0 aliphatic carbocycles. The molecule has 0 aromatic heterocycles. The molecule has 1 unspecified atom stereocenters. The molecule has 1 aliphatic rings. The van der Waals surface area contributed by atoms with Gasteiger partial charge in [0.1, 0.15) is 6.61 Å². The smallest absolute Gasteiger partial charge is 0.339 e. The fourth-order valence-corrected chi connectivity index (χ4v) is 2.10. The summed E-state index contributed by atoms with van der Waals surface area (Å²) in [4.78, 5) is 25.3. The number of hydrogen-bond donors (Lipinski definition) is 1. The van der Waals surface area contributed by atoms with Crippen molar-refractivity contribution < 1.29 is 19.1 Å². The van der Waals surface area contributed by atoms with Crippen molar-refractivity contribution in [1.29, 1.82) is 0 Å². The molecule has 0 spiro atoms. The average molecular weight is 264 g/mol. The number of rotatable bonds is 3. The Balaban J connectivity index is 2.44. The summed E-state index contributed by atoms with van der Waals surface area (Å²) in [6, 6.07) is 6.54. The Hall–Kier alpha value is -1.92. The van der Waals surface area contributed by atoms with Gasteiger partial charge in [-0.1, -0.05) is 12.1 Å². The Bertz CT molecular complexity index is 489. The average Bonchev–Trinajstić information content (AvgIpc) is 2.46. The van der Waals surface area contributed by atoms with E-state index in [2.05, 4.69) is 0 Å². The number of nitrogens with two attached hydrogens (primary N) is 1. The molecule has 0 saturated carbocycles. The maximum Gasteiger partial charge on any atom is 0.339 e. The Morgan fingerprint density at radius 3 is 2.95 bits per heavy atom. The van der Waals surface area contributed by atoms with Crippen molar-refractivity contribution in [3.8, 4) is 0 Å². The van der Waals surface area contributed by atoms with E-state index in [0.29, 0.717) is 17.9 Å². The number of amides is 1. The molecule has 2 N–H and O–H groups in total.